The van der Waals surface area contributed by atoms with E-state index >= 15 is 0 Å². The lowest BCUT2D eigenvalue weighted by Crippen LogP contribution is -2.40. The van der Waals surface area contributed by atoms with E-state index in [1.54, 1.807) is 4.90 Å². The number of carbonyl (C=O) groups excluding carboxylic acids is 2. The van der Waals surface area contributed by atoms with Crippen LogP contribution in [0.1, 0.15) is 43.9 Å². The Bertz CT molecular complexity index is 1010. The third-order valence-corrected chi connectivity index (χ3v) is 5.91. The molecule has 0 saturated carbocycles. The topological polar surface area (TPSA) is 49.4 Å². The van der Waals surface area contributed by atoms with E-state index in [1.165, 1.54) is 0 Å². The number of Topliss-reactive ketones (excluding diaryl/α,β-unsaturated/α-hetero) is 1. The molecule has 0 unspecified atom stereocenters. The van der Waals surface area contributed by atoms with Crippen molar-refractivity contribution in [1.29, 1.82) is 0 Å². The predicted octanol–water partition coefficient (Wildman–Crippen LogP) is 5.38. The minimum Gasteiger partial charge on any atom is -0.357 e. The minimum absolute atomic E-state index is 0.0782. The van der Waals surface area contributed by atoms with Crippen molar-refractivity contribution >= 4 is 34.7 Å². The Kier molecular flexibility index (Phi) is 4.99. The fourth-order valence-electron chi connectivity index (χ4n) is 4.39. The van der Waals surface area contributed by atoms with Gasteiger partial charge in [-0.25, -0.2) is 0 Å². The van der Waals surface area contributed by atoms with Crippen LogP contribution in [-0.4, -0.2) is 17.6 Å². The van der Waals surface area contributed by atoms with Gasteiger partial charge in [0.2, 0.25) is 5.91 Å². The van der Waals surface area contributed by atoms with E-state index in [0.29, 0.717) is 12.0 Å². The van der Waals surface area contributed by atoms with E-state index in [4.69, 9.17) is 11.6 Å². The summed E-state index contributed by atoms with van der Waals surface area (Å²) in [6.07, 6.45) is 1.20. The van der Waals surface area contributed by atoms with E-state index in [9.17, 15) is 9.59 Å². The highest BCUT2D eigenvalue weighted by Gasteiger charge is 2.42. The second kappa shape index (κ2) is 7.34. The van der Waals surface area contributed by atoms with Crippen molar-refractivity contribution in [3.8, 4) is 0 Å². The van der Waals surface area contributed by atoms with Gasteiger partial charge < -0.3 is 5.32 Å². The Balaban J connectivity index is 2.00. The zero-order valence-electron chi connectivity index (χ0n) is 17.0. The van der Waals surface area contributed by atoms with Crippen LogP contribution in [0.3, 0.4) is 0 Å². The maximum atomic E-state index is 13.4. The Morgan fingerprint density at radius 1 is 1.14 bits per heavy atom. The number of hydrogen-bond donors (Lipinski definition) is 1. The molecule has 2 aromatic rings. The standard InChI is InChI=1S/C24H25ClN2O2/c1-15-8-10-16(11-9-15)23-22-18(12-24(2,3)13-20(22)28)26-17-6-4-5-7-19(17)27(23)21(29)14-25/h4-11,23,26H,12-14H2,1-3H3/t23-/m1/s1. The Morgan fingerprint density at radius 3 is 2.52 bits per heavy atom. The molecular weight excluding hydrogens is 384 g/mol. The third kappa shape index (κ3) is 3.58. The van der Waals surface area contributed by atoms with Crippen LogP contribution in [0.4, 0.5) is 11.4 Å². The van der Waals surface area contributed by atoms with Crippen LogP contribution >= 0.6 is 11.6 Å². The Hall–Kier alpha value is -2.59. The van der Waals surface area contributed by atoms with Gasteiger partial charge in [-0.05, 0) is 36.5 Å². The molecule has 4 rings (SSSR count). The van der Waals surface area contributed by atoms with Crippen LogP contribution in [0.5, 0.6) is 0 Å². The maximum absolute atomic E-state index is 13.4. The summed E-state index contributed by atoms with van der Waals surface area (Å²) in [7, 11) is 0. The van der Waals surface area contributed by atoms with Crippen LogP contribution in [0.25, 0.3) is 0 Å². The zero-order chi connectivity index (χ0) is 20.8. The van der Waals surface area contributed by atoms with Crippen molar-refractivity contribution in [3.63, 3.8) is 0 Å². The predicted molar refractivity (Wildman–Crippen MR) is 117 cm³/mol. The van der Waals surface area contributed by atoms with Crippen LogP contribution < -0.4 is 10.2 Å². The number of ketones is 1. The second-order valence-electron chi connectivity index (χ2n) is 8.69. The van der Waals surface area contributed by atoms with Crippen molar-refractivity contribution in [2.24, 2.45) is 5.41 Å². The van der Waals surface area contributed by atoms with Gasteiger partial charge >= 0.3 is 0 Å². The number of carbonyl (C=O) groups is 2. The average Bonchev–Trinajstić information content (AvgIpc) is 2.81. The number of para-hydroxylation sites is 2. The van der Waals surface area contributed by atoms with Crippen LogP contribution in [0.2, 0.25) is 0 Å². The summed E-state index contributed by atoms with van der Waals surface area (Å²) >= 11 is 6.03. The number of alkyl halides is 1. The number of fused-ring (bicyclic) bond motifs is 1. The molecule has 0 fully saturated rings. The molecule has 1 heterocycles. The molecule has 150 valence electrons. The first-order valence-corrected chi connectivity index (χ1v) is 10.4. The molecule has 2 aliphatic rings. The van der Waals surface area contributed by atoms with Crippen molar-refractivity contribution in [2.45, 2.75) is 39.7 Å². The first-order valence-electron chi connectivity index (χ1n) is 9.87. The molecule has 1 aliphatic carbocycles. The molecule has 1 amide bonds. The van der Waals surface area contributed by atoms with Crippen LogP contribution in [0.15, 0.2) is 59.8 Å². The Labute approximate surface area is 176 Å². The number of nitrogens with zero attached hydrogens (tertiary/aromatic N) is 1. The van der Waals surface area contributed by atoms with Crippen molar-refractivity contribution in [3.05, 3.63) is 70.9 Å². The lowest BCUT2D eigenvalue weighted by atomic mass is 9.73. The summed E-state index contributed by atoms with van der Waals surface area (Å²) in [4.78, 5) is 28.2. The Morgan fingerprint density at radius 2 is 1.83 bits per heavy atom. The molecule has 0 radical (unpaired) electrons. The first-order chi connectivity index (χ1) is 13.8. The van der Waals surface area contributed by atoms with Crippen molar-refractivity contribution < 1.29 is 9.59 Å². The second-order valence-corrected chi connectivity index (χ2v) is 8.95. The lowest BCUT2D eigenvalue weighted by Gasteiger charge is -2.37. The lowest BCUT2D eigenvalue weighted by molar-refractivity contribution is -0.118. The van der Waals surface area contributed by atoms with Gasteiger partial charge in [0, 0.05) is 17.7 Å². The number of amides is 1. The molecule has 29 heavy (non-hydrogen) atoms. The van der Waals surface area contributed by atoms with Crippen molar-refractivity contribution in [1.82, 2.24) is 0 Å². The fourth-order valence-corrected chi connectivity index (χ4v) is 4.52. The van der Waals surface area contributed by atoms with Gasteiger partial charge in [-0.2, -0.15) is 0 Å². The van der Waals surface area contributed by atoms with E-state index in [0.717, 1.165) is 34.6 Å². The summed E-state index contributed by atoms with van der Waals surface area (Å²) in [5.41, 5.74) is 5.02. The number of anilines is 2. The van der Waals surface area contributed by atoms with Gasteiger partial charge in [0.15, 0.2) is 5.78 Å². The minimum atomic E-state index is -0.503. The summed E-state index contributed by atoms with van der Waals surface area (Å²) in [6, 6.07) is 15.2. The van der Waals surface area contributed by atoms with E-state index < -0.39 is 6.04 Å². The van der Waals surface area contributed by atoms with E-state index in [-0.39, 0.29) is 23.0 Å². The van der Waals surface area contributed by atoms with E-state index in [2.05, 4.69) is 19.2 Å². The summed E-state index contributed by atoms with van der Waals surface area (Å²) in [5, 5.41) is 3.49. The van der Waals surface area contributed by atoms with Crippen molar-refractivity contribution in [2.75, 3.05) is 16.1 Å². The van der Waals surface area contributed by atoms with Crippen LogP contribution in [0, 0.1) is 12.3 Å². The summed E-state index contributed by atoms with van der Waals surface area (Å²) < 4.78 is 0. The number of hydrogen-bond acceptors (Lipinski definition) is 3. The molecule has 1 aliphatic heterocycles. The van der Waals surface area contributed by atoms with Gasteiger partial charge in [0.1, 0.15) is 5.88 Å². The molecule has 0 spiro atoms. The number of aryl methyl sites for hydroxylation is 1. The molecule has 1 atom stereocenters. The summed E-state index contributed by atoms with van der Waals surface area (Å²) in [6.45, 7) is 6.24. The highest BCUT2D eigenvalue weighted by molar-refractivity contribution is 6.30. The monoisotopic (exact) mass is 408 g/mol. The number of allylic oxidation sites excluding steroid dienone is 1. The quantitative estimate of drug-likeness (QED) is 0.679. The fraction of sp³-hybridized carbons (Fsp3) is 0.333. The molecule has 0 aromatic heterocycles. The van der Waals surface area contributed by atoms with Gasteiger partial charge in [-0.15, -0.1) is 11.6 Å². The molecule has 0 saturated heterocycles. The number of halogens is 1. The summed E-state index contributed by atoms with van der Waals surface area (Å²) in [5.74, 6) is -0.300. The van der Waals surface area contributed by atoms with Crippen LogP contribution in [-0.2, 0) is 9.59 Å². The number of rotatable bonds is 2. The molecule has 1 N–H and O–H groups in total. The zero-order valence-corrected chi connectivity index (χ0v) is 17.7. The SMILES string of the molecule is Cc1ccc([C@@H]2C3=C(CC(C)(C)CC3=O)Nc3ccccc3N2C(=O)CCl)cc1. The van der Waals surface area contributed by atoms with Gasteiger partial charge in [0.05, 0.1) is 17.4 Å². The highest BCUT2D eigenvalue weighted by atomic mass is 35.5. The number of nitrogens with one attached hydrogen (secondary N) is 1. The largest absolute Gasteiger partial charge is 0.357 e. The smallest absolute Gasteiger partial charge is 0.242 e. The third-order valence-electron chi connectivity index (χ3n) is 5.68. The molecule has 0 bridgehead atoms. The molecule has 2 aromatic carbocycles. The maximum Gasteiger partial charge on any atom is 0.242 e. The normalized spacial score (nSPS) is 20.5. The van der Waals surface area contributed by atoms with Gasteiger partial charge in [-0.3, -0.25) is 14.5 Å². The highest BCUT2D eigenvalue weighted by Crippen LogP contribution is 2.48. The number of benzene rings is 2. The molecular formula is C24H25ClN2O2. The average molecular weight is 409 g/mol. The van der Waals surface area contributed by atoms with Gasteiger partial charge in [-0.1, -0.05) is 55.8 Å². The molecule has 5 heteroatoms. The molecule has 4 nitrogen and oxygen atoms in total. The first kappa shape index (κ1) is 19.7. The van der Waals surface area contributed by atoms with Gasteiger partial charge in [0.25, 0.3) is 0 Å². The van der Waals surface area contributed by atoms with E-state index in [1.807, 2.05) is 55.5 Å².